The number of likely N-dealkylation sites (N-methyl/N-ethyl adjacent to an activating group) is 1. The number of nitrogens with zero attached hydrogens (tertiary/aromatic N) is 1. The van der Waals surface area contributed by atoms with Crippen LogP contribution in [0.3, 0.4) is 0 Å². The molecule has 1 atom stereocenters. The van der Waals surface area contributed by atoms with E-state index in [1.54, 1.807) is 30.3 Å². The number of aryl methyl sites for hydroxylation is 1. The van der Waals surface area contributed by atoms with E-state index in [9.17, 15) is 14.7 Å². The Morgan fingerprint density at radius 1 is 1.00 bits per heavy atom. The van der Waals surface area contributed by atoms with Crippen molar-refractivity contribution in [1.82, 2.24) is 4.90 Å². The predicted octanol–water partition coefficient (Wildman–Crippen LogP) is 3.06. The highest BCUT2D eigenvalue weighted by atomic mass is 16.5. The Morgan fingerprint density at radius 2 is 1.63 bits per heavy atom. The lowest BCUT2D eigenvalue weighted by molar-refractivity contribution is -0.139. The van der Waals surface area contributed by atoms with Crippen molar-refractivity contribution < 1.29 is 24.2 Å². The van der Waals surface area contributed by atoms with Crippen LogP contribution in [0, 0.1) is 6.92 Å². The molecule has 1 N–H and O–H groups in total. The molecule has 1 aliphatic heterocycles. The fourth-order valence-corrected chi connectivity index (χ4v) is 3.23. The summed E-state index contributed by atoms with van der Waals surface area (Å²) in [7, 11) is 4.58. The number of likely N-dealkylation sites (tertiary alicyclic amines) is 1. The number of ketones is 1. The number of hydrogen-bond donors (Lipinski definition) is 1. The number of hydrogen-bond acceptors (Lipinski definition) is 5. The summed E-state index contributed by atoms with van der Waals surface area (Å²) < 4.78 is 10.6. The lowest BCUT2D eigenvalue weighted by atomic mass is 9.95. The Bertz CT molecular complexity index is 930. The van der Waals surface area contributed by atoms with Crippen LogP contribution in [-0.2, 0) is 9.59 Å². The number of Topliss-reactive ketones (excluding diaryl/α,β-unsaturated/α-hetero) is 1. The van der Waals surface area contributed by atoms with Crippen LogP contribution >= 0.6 is 0 Å². The van der Waals surface area contributed by atoms with E-state index in [-0.39, 0.29) is 11.3 Å². The van der Waals surface area contributed by atoms with Gasteiger partial charge in [0.15, 0.2) is 11.5 Å². The van der Waals surface area contributed by atoms with Crippen molar-refractivity contribution in [3.05, 3.63) is 64.7 Å². The summed E-state index contributed by atoms with van der Waals surface area (Å²) in [5.41, 5.74) is 2.21. The Hall–Kier alpha value is -3.28. The Balaban J connectivity index is 2.17. The Morgan fingerprint density at radius 3 is 2.22 bits per heavy atom. The van der Waals surface area contributed by atoms with Crippen LogP contribution < -0.4 is 9.47 Å². The number of methoxy groups -OCH3 is 2. The van der Waals surface area contributed by atoms with Gasteiger partial charge in [0.2, 0.25) is 0 Å². The van der Waals surface area contributed by atoms with Gasteiger partial charge < -0.3 is 19.5 Å². The lowest BCUT2D eigenvalue weighted by Gasteiger charge is -2.22. The van der Waals surface area contributed by atoms with E-state index in [0.29, 0.717) is 22.6 Å². The summed E-state index contributed by atoms with van der Waals surface area (Å²) in [4.78, 5) is 26.3. The molecular weight excluding hydrogens is 346 g/mol. The first-order valence-corrected chi connectivity index (χ1v) is 8.42. The van der Waals surface area contributed by atoms with Crippen LogP contribution in [0.25, 0.3) is 5.76 Å². The molecular formula is C21H21NO5. The Labute approximate surface area is 157 Å². The van der Waals surface area contributed by atoms with Crippen molar-refractivity contribution >= 4 is 17.4 Å². The third-order valence-electron chi connectivity index (χ3n) is 4.72. The highest BCUT2D eigenvalue weighted by molar-refractivity contribution is 6.46. The maximum absolute atomic E-state index is 12.6. The molecule has 0 radical (unpaired) electrons. The van der Waals surface area contributed by atoms with Crippen molar-refractivity contribution in [3.63, 3.8) is 0 Å². The van der Waals surface area contributed by atoms with Crippen LogP contribution in [0.4, 0.5) is 0 Å². The smallest absolute Gasteiger partial charge is 0.295 e. The van der Waals surface area contributed by atoms with Crippen molar-refractivity contribution in [2.75, 3.05) is 21.3 Å². The zero-order valence-electron chi connectivity index (χ0n) is 15.6. The molecule has 1 amide bonds. The molecule has 0 spiro atoms. The predicted molar refractivity (Wildman–Crippen MR) is 101 cm³/mol. The van der Waals surface area contributed by atoms with Crippen LogP contribution in [-0.4, -0.2) is 43.0 Å². The number of carbonyl (C=O) groups is 2. The summed E-state index contributed by atoms with van der Waals surface area (Å²) in [5, 5.41) is 10.8. The molecule has 1 aliphatic rings. The van der Waals surface area contributed by atoms with E-state index in [0.717, 1.165) is 5.56 Å². The zero-order chi connectivity index (χ0) is 19.7. The largest absolute Gasteiger partial charge is 0.507 e. The van der Waals surface area contributed by atoms with Crippen LogP contribution in [0.15, 0.2) is 48.0 Å². The second-order valence-corrected chi connectivity index (χ2v) is 6.39. The highest BCUT2D eigenvalue weighted by Crippen LogP contribution is 2.41. The van der Waals surface area contributed by atoms with Gasteiger partial charge in [0, 0.05) is 12.6 Å². The molecule has 1 fully saturated rings. The molecule has 6 heteroatoms. The number of ether oxygens (including phenoxy) is 2. The van der Waals surface area contributed by atoms with E-state index >= 15 is 0 Å². The fraction of sp³-hybridized carbons (Fsp3) is 0.238. The van der Waals surface area contributed by atoms with Gasteiger partial charge >= 0.3 is 0 Å². The van der Waals surface area contributed by atoms with Gasteiger partial charge in [0.25, 0.3) is 11.7 Å². The molecule has 2 aromatic carbocycles. The number of carbonyl (C=O) groups excluding carboxylic acids is 2. The molecule has 0 bridgehead atoms. The average molecular weight is 367 g/mol. The van der Waals surface area contributed by atoms with Crippen LogP contribution in [0.2, 0.25) is 0 Å². The fourth-order valence-electron chi connectivity index (χ4n) is 3.23. The minimum absolute atomic E-state index is 0.0542. The molecule has 0 aliphatic carbocycles. The topological polar surface area (TPSA) is 76.1 Å². The highest BCUT2D eigenvalue weighted by Gasteiger charge is 2.44. The third kappa shape index (κ3) is 3.14. The molecule has 1 heterocycles. The standard InChI is InChI=1S/C21H21NO5/c1-12-5-7-13(8-6-12)19(23)17-18(22(2)21(25)20(17)24)14-9-10-15(26-3)16(11-14)27-4/h5-11,18,23H,1-4H3/b19-17+/t18-/m1/s1. The van der Waals surface area contributed by atoms with Crippen molar-refractivity contribution in [2.45, 2.75) is 13.0 Å². The zero-order valence-corrected chi connectivity index (χ0v) is 15.6. The van der Waals surface area contributed by atoms with Gasteiger partial charge in [-0.1, -0.05) is 35.9 Å². The molecule has 6 nitrogen and oxygen atoms in total. The number of amides is 1. The molecule has 0 aromatic heterocycles. The summed E-state index contributed by atoms with van der Waals surface area (Å²) in [6.07, 6.45) is 0. The van der Waals surface area contributed by atoms with E-state index in [2.05, 4.69) is 0 Å². The summed E-state index contributed by atoms with van der Waals surface area (Å²) in [6.45, 7) is 1.93. The number of benzene rings is 2. The van der Waals surface area contributed by atoms with Crippen molar-refractivity contribution in [1.29, 1.82) is 0 Å². The van der Waals surface area contributed by atoms with Gasteiger partial charge in [-0.3, -0.25) is 9.59 Å². The van der Waals surface area contributed by atoms with Gasteiger partial charge in [0.05, 0.1) is 25.8 Å². The van der Waals surface area contributed by atoms with Crippen molar-refractivity contribution in [3.8, 4) is 11.5 Å². The normalized spacial score (nSPS) is 18.7. The van der Waals surface area contributed by atoms with Crippen molar-refractivity contribution in [2.24, 2.45) is 0 Å². The molecule has 3 rings (SSSR count). The molecule has 1 saturated heterocycles. The minimum atomic E-state index is -0.717. The third-order valence-corrected chi connectivity index (χ3v) is 4.72. The minimum Gasteiger partial charge on any atom is -0.507 e. The van der Waals surface area contributed by atoms with Crippen LogP contribution in [0.5, 0.6) is 11.5 Å². The molecule has 140 valence electrons. The van der Waals surface area contributed by atoms with Gasteiger partial charge in [-0.2, -0.15) is 0 Å². The lowest BCUT2D eigenvalue weighted by Crippen LogP contribution is -2.24. The average Bonchev–Trinajstić information content (AvgIpc) is 2.91. The summed E-state index contributed by atoms with van der Waals surface area (Å²) in [6, 6.07) is 11.6. The van der Waals surface area contributed by atoms with Gasteiger partial charge in [-0.05, 0) is 24.6 Å². The monoisotopic (exact) mass is 367 g/mol. The summed E-state index contributed by atoms with van der Waals surface area (Å²) >= 11 is 0. The first-order valence-electron chi connectivity index (χ1n) is 8.42. The maximum Gasteiger partial charge on any atom is 0.295 e. The molecule has 0 unspecified atom stereocenters. The first-order chi connectivity index (χ1) is 12.9. The van der Waals surface area contributed by atoms with Gasteiger partial charge in [-0.15, -0.1) is 0 Å². The van der Waals surface area contributed by atoms with E-state index in [4.69, 9.17) is 9.47 Å². The molecule has 0 saturated carbocycles. The summed E-state index contributed by atoms with van der Waals surface area (Å²) in [5.74, 6) is -0.562. The SMILES string of the molecule is COc1ccc([C@@H]2/C(=C(\O)c3ccc(C)cc3)C(=O)C(=O)N2C)cc1OC. The number of rotatable bonds is 4. The quantitative estimate of drug-likeness (QED) is 0.511. The first kappa shape index (κ1) is 18.5. The number of aliphatic hydroxyl groups is 1. The van der Waals surface area contributed by atoms with E-state index in [1.165, 1.54) is 26.2 Å². The van der Waals surface area contributed by atoms with E-state index < -0.39 is 17.7 Å². The van der Waals surface area contributed by atoms with E-state index in [1.807, 2.05) is 19.1 Å². The van der Waals surface area contributed by atoms with Gasteiger partial charge in [0.1, 0.15) is 5.76 Å². The molecule has 27 heavy (non-hydrogen) atoms. The second kappa shape index (κ2) is 7.15. The maximum atomic E-state index is 12.6. The van der Waals surface area contributed by atoms with Gasteiger partial charge in [-0.25, -0.2) is 0 Å². The van der Waals surface area contributed by atoms with Crippen LogP contribution in [0.1, 0.15) is 22.7 Å². The number of aliphatic hydroxyl groups excluding tert-OH is 1. The molecule has 2 aromatic rings. The second-order valence-electron chi connectivity index (χ2n) is 6.39. The Kier molecular flexibility index (Phi) is 4.90.